The summed E-state index contributed by atoms with van der Waals surface area (Å²) < 4.78 is 34.1. The van der Waals surface area contributed by atoms with Crippen molar-refractivity contribution in [1.82, 2.24) is 0 Å². The molecule has 1 atom stereocenters. The summed E-state index contributed by atoms with van der Waals surface area (Å²) in [5, 5.41) is 3.17. The van der Waals surface area contributed by atoms with Gasteiger partial charge in [0, 0.05) is 17.8 Å². The molecule has 0 aliphatic carbocycles. The number of nitrogens with one attached hydrogen (secondary N) is 1. The number of anilines is 1. The third-order valence-electron chi connectivity index (χ3n) is 2.43. The summed E-state index contributed by atoms with van der Waals surface area (Å²) in [5.41, 5.74) is 0.745. The van der Waals surface area contributed by atoms with Crippen LogP contribution in [-0.4, -0.2) is 12.3 Å². The highest BCUT2D eigenvalue weighted by Gasteiger charge is 2.43. The van der Waals surface area contributed by atoms with E-state index in [0.717, 1.165) is 12.1 Å². The molecule has 16 heavy (non-hydrogen) atoms. The van der Waals surface area contributed by atoms with Crippen LogP contribution in [0.1, 0.15) is 20.3 Å². The molecule has 0 amide bonds. The number of fused-ring (bicyclic) bond motifs is 1. The van der Waals surface area contributed by atoms with Crippen molar-refractivity contribution in [2.24, 2.45) is 0 Å². The highest BCUT2D eigenvalue weighted by atomic mass is 19.3. The normalized spacial score (nSPS) is 18.2. The van der Waals surface area contributed by atoms with Gasteiger partial charge in [-0.15, -0.1) is 8.78 Å². The largest absolute Gasteiger partial charge is 0.586 e. The molecule has 0 saturated heterocycles. The minimum absolute atomic E-state index is 0.0679. The zero-order chi connectivity index (χ0) is 11.8. The third-order valence-corrected chi connectivity index (χ3v) is 2.43. The van der Waals surface area contributed by atoms with Gasteiger partial charge in [-0.1, -0.05) is 6.92 Å². The number of halogens is 2. The molecule has 0 bridgehead atoms. The van der Waals surface area contributed by atoms with Crippen LogP contribution in [0.15, 0.2) is 18.2 Å². The molecule has 0 spiro atoms. The third kappa shape index (κ3) is 2.18. The van der Waals surface area contributed by atoms with Crippen LogP contribution in [0.25, 0.3) is 0 Å². The molecule has 1 aliphatic rings. The van der Waals surface area contributed by atoms with E-state index in [4.69, 9.17) is 0 Å². The second-order valence-electron chi connectivity index (χ2n) is 3.78. The van der Waals surface area contributed by atoms with E-state index in [0.29, 0.717) is 0 Å². The van der Waals surface area contributed by atoms with Crippen LogP contribution < -0.4 is 14.8 Å². The molecule has 1 unspecified atom stereocenters. The summed E-state index contributed by atoms with van der Waals surface area (Å²) in [6.07, 6.45) is -2.60. The van der Waals surface area contributed by atoms with Gasteiger partial charge in [-0.3, -0.25) is 0 Å². The smallest absolute Gasteiger partial charge is 0.395 e. The number of hydrogen-bond donors (Lipinski definition) is 1. The lowest BCUT2D eigenvalue weighted by Crippen LogP contribution is -2.25. The Morgan fingerprint density at radius 3 is 2.69 bits per heavy atom. The van der Waals surface area contributed by atoms with E-state index in [1.807, 2.05) is 13.8 Å². The lowest BCUT2D eigenvalue weighted by atomic mass is 10.2. The highest BCUT2D eigenvalue weighted by Crippen LogP contribution is 2.42. The number of ether oxygens (including phenoxy) is 2. The average molecular weight is 229 g/mol. The van der Waals surface area contributed by atoms with E-state index in [1.54, 1.807) is 6.07 Å². The van der Waals surface area contributed by atoms with E-state index < -0.39 is 6.29 Å². The molecule has 88 valence electrons. The summed E-state index contributed by atoms with van der Waals surface area (Å²) in [5.74, 6) is 0.137. The van der Waals surface area contributed by atoms with Gasteiger partial charge in [0.1, 0.15) is 0 Å². The van der Waals surface area contributed by atoms with E-state index in [9.17, 15) is 8.78 Å². The van der Waals surface area contributed by atoms with Crippen molar-refractivity contribution in [1.29, 1.82) is 0 Å². The molecule has 0 aromatic heterocycles. The number of alkyl halides is 2. The molecular weight excluding hydrogens is 216 g/mol. The van der Waals surface area contributed by atoms with Crippen molar-refractivity contribution in [2.45, 2.75) is 32.6 Å². The van der Waals surface area contributed by atoms with Crippen LogP contribution >= 0.6 is 0 Å². The van der Waals surface area contributed by atoms with Crippen LogP contribution in [0.3, 0.4) is 0 Å². The first-order valence-corrected chi connectivity index (χ1v) is 5.16. The molecule has 2 rings (SSSR count). The molecule has 1 N–H and O–H groups in total. The first kappa shape index (κ1) is 11.0. The fourth-order valence-corrected chi connectivity index (χ4v) is 1.43. The zero-order valence-electron chi connectivity index (χ0n) is 9.09. The van der Waals surface area contributed by atoms with Gasteiger partial charge in [-0.2, -0.15) is 0 Å². The Kier molecular flexibility index (Phi) is 2.61. The summed E-state index contributed by atoms with van der Waals surface area (Å²) in [7, 11) is 0. The molecule has 1 heterocycles. The fourth-order valence-electron chi connectivity index (χ4n) is 1.43. The molecule has 1 aliphatic heterocycles. The van der Waals surface area contributed by atoms with Gasteiger partial charge in [0.05, 0.1) is 0 Å². The van der Waals surface area contributed by atoms with Crippen molar-refractivity contribution in [2.75, 3.05) is 5.32 Å². The minimum atomic E-state index is -3.54. The lowest BCUT2D eigenvalue weighted by Gasteiger charge is -2.12. The van der Waals surface area contributed by atoms with Crippen LogP contribution in [0.2, 0.25) is 0 Å². The maximum absolute atomic E-state index is 12.7. The predicted octanol–water partition coefficient (Wildman–Crippen LogP) is 3.22. The fraction of sp³-hybridized carbons (Fsp3) is 0.455. The van der Waals surface area contributed by atoms with Crippen molar-refractivity contribution in [3.63, 3.8) is 0 Å². The number of rotatable bonds is 3. The molecule has 0 fully saturated rings. The molecule has 5 heteroatoms. The second kappa shape index (κ2) is 3.81. The zero-order valence-corrected chi connectivity index (χ0v) is 9.09. The topological polar surface area (TPSA) is 30.5 Å². The highest BCUT2D eigenvalue weighted by molar-refractivity contribution is 5.56. The van der Waals surface area contributed by atoms with E-state index in [-0.39, 0.29) is 17.5 Å². The molecule has 0 saturated carbocycles. The van der Waals surface area contributed by atoms with E-state index in [1.165, 1.54) is 12.1 Å². The minimum Gasteiger partial charge on any atom is -0.395 e. The summed E-state index contributed by atoms with van der Waals surface area (Å²) in [6.45, 7) is 4.05. The Labute approximate surface area is 92.4 Å². The molecule has 3 nitrogen and oxygen atoms in total. The predicted molar refractivity (Wildman–Crippen MR) is 56.0 cm³/mol. The van der Waals surface area contributed by atoms with Crippen LogP contribution in [0.5, 0.6) is 11.5 Å². The maximum Gasteiger partial charge on any atom is 0.586 e. The van der Waals surface area contributed by atoms with E-state index >= 15 is 0 Å². The Morgan fingerprint density at radius 2 is 2.00 bits per heavy atom. The molecule has 1 aromatic rings. The van der Waals surface area contributed by atoms with Gasteiger partial charge in [0.15, 0.2) is 11.5 Å². The average Bonchev–Trinajstić information content (AvgIpc) is 2.51. The Hall–Kier alpha value is -1.52. The van der Waals surface area contributed by atoms with Crippen molar-refractivity contribution < 1.29 is 18.3 Å². The maximum atomic E-state index is 12.7. The molecule has 1 aromatic carbocycles. The summed E-state index contributed by atoms with van der Waals surface area (Å²) in [4.78, 5) is 0. The first-order chi connectivity index (χ1) is 7.50. The first-order valence-electron chi connectivity index (χ1n) is 5.16. The van der Waals surface area contributed by atoms with Crippen LogP contribution in [0.4, 0.5) is 14.5 Å². The quantitative estimate of drug-likeness (QED) is 0.863. The Balaban J connectivity index is 2.16. The van der Waals surface area contributed by atoms with Gasteiger partial charge in [-0.25, -0.2) is 0 Å². The van der Waals surface area contributed by atoms with Crippen molar-refractivity contribution in [3.05, 3.63) is 18.2 Å². The van der Waals surface area contributed by atoms with Gasteiger partial charge in [0.2, 0.25) is 0 Å². The van der Waals surface area contributed by atoms with Gasteiger partial charge >= 0.3 is 6.29 Å². The van der Waals surface area contributed by atoms with Crippen LogP contribution in [-0.2, 0) is 0 Å². The van der Waals surface area contributed by atoms with E-state index in [2.05, 4.69) is 14.8 Å². The van der Waals surface area contributed by atoms with Gasteiger partial charge in [0.25, 0.3) is 0 Å². The van der Waals surface area contributed by atoms with Crippen molar-refractivity contribution >= 4 is 5.69 Å². The second-order valence-corrected chi connectivity index (χ2v) is 3.78. The van der Waals surface area contributed by atoms with Crippen molar-refractivity contribution in [3.8, 4) is 11.5 Å². The standard InChI is InChI=1S/C11H13F2NO2/c1-3-7(2)14-8-4-5-9-10(6-8)16-11(12,13)15-9/h4-7,14H,3H2,1-2H3. The number of hydrogen-bond acceptors (Lipinski definition) is 3. The van der Waals surface area contributed by atoms with Crippen LogP contribution in [0, 0.1) is 0 Å². The monoisotopic (exact) mass is 229 g/mol. The number of benzene rings is 1. The Morgan fingerprint density at radius 1 is 1.31 bits per heavy atom. The SMILES string of the molecule is CCC(C)Nc1ccc2c(c1)OC(F)(F)O2. The molecule has 0 radical (unpaired) electrons. The lowest BCUT2D eigenvalue weighted by molar-refractivity contribution is -0.286. The van der Waals surface area contributed by atoms with Gasteiger partial charge < -0.3 is 14.8 Å². The summed E-state index contributed by atoms with van der Waals surface area (Å²) >= 11 is 0. The summed E-state index contributed by atoms with van der Waals surface area (Å²) in [6, 6.07) is 4.96. The Bertz CT molecular complexity index is 396. The van der Waals surface area contributed by atoms with Gasteiger partial charge in [-0.05, 0) is 25.5 Å². The molecular formula is C11H13F2NO2.